The molecule has 4 rings (SSSR count). The number of fused-ring (bicyclic) bond motifs is 2. The second-order valence-corrected chi connectivity index (χ2v) is 11.4. The molecule has 1 aliphatic carbocycles. The summed E-state index contributed by atoms with van der Waals surface area (Å²) in [6.07, 6.45) is 0. The quantitative estimate of drug-likeness (QED) is 0.129. The van der Waals surface area contributed by atoms with Crippen LogP contribution in [0.3, 0.4) is 0 Å². The van der Waals surface area contributed by atoms with Crippen LogP contribution in [0.2, 0.25) is 0 Å². The maximum atomic E-state index is 12.3. The minimum atomic E-state index is -5.16. The Bertz CT molecular complexity index is 1720. The summed E-state index contributed by atoms with van der Waals surface area (Å²) in [5.41, 5.74) is 1.24. The molecule has 9 nitrogen and oxygen atoms in total. The normalized spacial score (nSPS) is 11.9. The molecular formula is C27H29N2NaO7S2. The summed E-state index contributed by atoms with van der Waals surface area (Å²) in [4.78, 5) is 0.516. The Hall–Kier alpha value is -2.25. The van der Waals surface area contributed by atoms with Crippen LogP contribution in [0, 0.1) is 0 Å². The predicted octanol–water partition coefficient (Wildman–Crippen LogP) is 0.675. The maximum absolute atomic E-state index is 12.3. The van der Waals surface area contributed by atoms with Gasteiger partial charge in [0, 0.05) is 53.0 Å². The SMILES string of the molecule is CCN(CC)c1ccc2c(-c3c(S(=O)(=O)[O-])cccc3S(=O)(=O)[O-])c3ccc(=[N+](CC)CC)cc-3oc2c1.[Na+]. The van der Waals surface area contributed by atoms with Gasteiger partial charge in [-0.05, 0) is 58.0 Å². The Morgan fingerprint density at radius 2 is 1.38 bits per heavy atom. The topological polar surface area (TPSA) is 134 Å². The molecule has 2 aromatic carbocycles. The van der Waals surface area contributed by atoms with Gasteiger partial charge in [-0.3, -0.25) is 0 Å². The van der Waals surface area contributed by atoms with Gasteiger partial charge in [0.05, 0.1) is 15.9 Å². The minimum absolute atomic E-state index is 0. The van der Waals surface area contributed by atoms with Gasteiger partial charge in [-0.1, -0.05) is 6.07 Å². The van der Waals surface area contributed by atoms with Crippen LogP contribution in [0.4, 0.5) is 5.69 Å². The van der Waals surface area contributed by atoms with Gasteiger partial charge in [0.25, 0.3) is 0 Å². The first-order chi connectivity index (χ1) is 17.9. The molecule has 0 spiro atoms. The zero-order chi connectivity index (χ0) is 27.8. The molecule has 0 radical (unpaired) electrons. The third kappa shape index (κ3) is 6.09. The van der Waals surface area contributed by atoms with Crippen LogP contribution in [0.15, 0.2) is 68.8 Å². The van der Waals surface area contributed by atoms with E-state index in [1.54, 1.807) is 24.3 Å². The molecule has 0 bridgehead atoms. The monoisotopic (exact) mass is 580 g/mol. The summed E-state index contributed by atoms with van der Waals surface area (Å²) in [5, 5.41) is 1.21. The smallest absolute Gasteiger partial charge is 0.744 e. The van der Waals surface area contributed by atoms with Gasteiger partial charge in [0.1, 0.15) is 44.7 Å². The molecule has 12 heteroatoms. The van der Waals surface area contributed by atoms with E-state index in [1.807, 2.05) is 39.8 Å². The Morgan fingerprint density at radius 1 is 0.795 bits per heavy atom. The van der Waals surface area contributed by atoms with E-state index >= 15 is 0 Å². The molecule has 1 heterocycles. The van der Waals surface area contributed by atoms with E-state index in [-0.39, 0.29) is 35.1 Å². The molecule has 0 unspecified atom stereocenters. The summed E-state index contributed by atoms with van der Waals surface area (Å²) < 4.78 is 82.4. The summed E-state index contributed by atoms with van der Waals surface area (Å²) in [6.45, 7) is 10.9. The fourth-order valence-corrected chi connectivity index (χ4v) is 6.36. The molecule has 1 aliphatic heterocycles. The van der Waals surface area contributed by atoms with Crippen LogP contribution in [0.1, 0.15) is 27.7 Å². The molecule has 0 saturated carbocycles. The molecule has 0 atom stereocenters. The van der Waals surface area contributed by atoms with Gasteiger partial charge < -0.3 is 18.4 Å². The summed E-state index contributed by atoms with van der Waals surface area (Å²) in [6, 6.07) is 13.7. The molecule has 0 amide bonds. The van der Waals surface area contributed by atoms with Gasteiger partial charge in [0.2, 0.25) is 5.36 Å². The molecule has 0 saturated heterocycles. The fourth-order valence-electron chi connectivity index (χ4n) is 4.88. The molecule has 0 N–H and O–H groups in total. The summed E-state index contributed by atoms with van der Waals surface area (Å²) >= 11 is 0. The summed E-state index contributed by atoms with van der Waals surface area (Å²) in [7, 11) is -10.3. The first kappa shape index (κ1) is 31.3. The fraction of sp³-hybridized carbons (Fsp3) is 0.296. The number of hydrogen-bond acceptors (Lipinski definition) is 8. The zero-order valence-electron chi connectivity index (χ0n) is 22.6. The van der Waals surface area contributed by atoms with Crippen molar-refractivity contribution in [1.82, 2.24) is 4.58 Å². The van der Waals surface area contributed by atoms with Crippen molar-refractivity contribution in [1.29, 1.82) is 0 Å². The van der Waals surface area contributed by atoms with E-state index in [9.17, 15) is 25.9 Å². The van der Waals surface area contributed by atoms with Crippen LogP contribution in [-0.4, -0.2) is 52.1 Å². The molecule has 0 fully saturated rings. The second-order valence-electron chi connectivity index (χ2n) is 8.72. The Morgan fingerprint density at radius 3 is 1.90 bits per heavy atom. The van der Waals surface area contributed by atoms with Gasteiger partial charge >= 0.3 is 29.6 Å². The maximum Gasteiger partial charge on any atom is 1.00 e. The first-order valence-corrected chi connectivity index (χ1v) is 15.1. The van der Waals surface area contributed by atoms with Crippen LogP contribution in [-0.2, 0) is 20.2 Å². The van der Waals surface area contributed by atoms with Crippen molar-refractivity contribution < 1.29 is 59.9 Å². The molecule has 2 aliphatic rings. The van der Waals surface area contributed by atoms with Gasteiger partial charge in [-0.2, -0.15) is 0 Å². The van der Waals surface area contributed by atoms with E-state index in [0.29, 0.717) is 22.3 Å². The number of rotatable bonds is 8. The standard InChI is InChI=1S/C27H30N2O7S2.Na/c1-5-28(6-2)18-12-14-20-22(16-18)36-23-17-19(29(7-3)8-4)13-15-21(23)26(20)27-24(37(30,31)32)10-9-11-25(27)38(33,34)35;/h9-17H,5-8H2,1-4H3,(H-,30,31,32,33,34,35);/q;+1/p-1. The van der Waals surface area contributed by atoms with Gasteiger partial charge in [-0.15, -0.1) is 0 Å². The Kier molecular flexibility index (Phi) is 9.70. The molecule has 39 heavy (non-hydrogen) atoms. The van der Waals surface area contributed by atoms with Gasteiger partial charge in [0.15, 0.2) is 0 Å². The van der Waals surface area contributed by atoms with Crippen LogP contribution in [0.5, 0.6) is 0 Å². The van der Waals surface area contributed by atoms with Crippen molar-refractivity contribution in [3.63, 3.8) is 0 Å². The van der Waals surface area contributed by atoms with E-state index < -0.39 is 35.6 Å². The summed E-state index contributed by atoms with van der Waals surface area (Å²) in [5.74, 6) is 0.348. The predicted molar refractivity (Wildman–Crippen MR) is 144 cm³/mol. The number of benzene rings is 3. The Balaban J connectivity index is 0.00000420. The largest absolute Gasteiger partial charge is 1.00 e. The van der Waals surface area contributed by atoms with Crippen LogP contribution < -0.4 is 44.4 Å². The van der Waals surface area contributed by atoms with Crippen LogP contribution >= 0.6 is 0 Å². The van der Waals surface area contributed by atoms with Crippen molar-refractivity contribution >= 4 is 36.9 Å². The number of anilines is 1. The third-order valence-corrected chi connectivity index (χ3v) is 8.48. The molecule has 2 aromatic rings. The average molecular weight is 581 g/mol. The zero-order valence-corrected chi connectivity index (χ0v) is 26.2. The van der Waals surface area contributed by atoms with E-state index in [2.05, 4.69) is 9.48 Å². The number of hydrogen-bond donors (Lipinski definition) is 0. The van der Waals surface area contributed by atoms with Crippen molar-refractivity contribution in [2.45, 2.75) is 37.5 Å². The van der Waals surface area contributed by atoms with Crippen molar-refractivity contribution in [2.24, 2.45) is 0 Å². The van der Waals surface area contributed by atoms with Crippen LogP contribution in [0.25, 0.3) is 33.4 Å². The van der Waals surface area contributed by atoms with Crippen molar-refractivity contribution in [3.8, 4) is 22.5 Å². The van der Waals surface area contributed by atoms with Crippen molar-refractivity contribution in [2.75, 3.05) is 31.1 Å². The molecule has 202 valence electrons. The molecular weight excluding hydrogens is 551 g/mol. The molecule has 0 aromatic heterocycles. The van der Waals surface area contributed by atoms with Gasteiger partial charge in [-0.25, -0.2) is 21.4 Å². The Labute approximate surface area is 250 Å². The van der Waals surface area contributed by atoms with E-state index in [0.717, 1.165) is 55.4 Å². The minimum Gasteiger partial charge on any atom is -0.744 e. The third-order valence-electron chi connectivity index (χ3n) is 6.72. The number of nitrogens with zero attached hydrogens (tertiary/aromatic N) is 2. The van der Waals surface area contributed by atoms with E-state index in [4.69, 9.17) is 4.42 Å². The second kappa shape index (κ2) is 12.1. The average Bonchev–Trinajstić information content (AvgIpc) is 2.87. The van der Waals surface area contributed by atoms with Crippen molar-refractivity contribution in [3.05, 3.63) is 60.0 Å². The van der Waals surface area contributed by atoms with E-state index in [1.165, 1.54) is 0 Å². The first-order valence-electron chi connectivity index (χ1n) is 12.3.